The minimum absolute atomic E-state index is 0.0211. The number of amides is 2. The highest BCUT2D eigenvalue weighted by Crippen LogP contribution is 2.33. The zero-order valence-electron chi connectivity index (χ0n) is 22.4. The molecule has 202 valence electrons. The third-order valence-electron chi connectivity index (χ3n) is 5.76. The largest absolute Gasteiger partial charge is 0.497 e. The highest BCUT2D eigenvalue weighted by Gasteiger charge is 2.24. The predicted octanol–water partition coefficient (Wildman–Crippen LogP) is 4.66. The molecule has 9 nitrogen and oxygen atoms in total. The van der Waals surface area contributed by atoms with Gasteiger partial charge in [0.25, 0.3) is 5.91 Å². The number of benzene rings is 3. The summed E-state index contributed by atoms with van der Waals surface area (Å²) in [6.07, 6.45) is 1.01. The van der Waals surface area contributed by atoms with E-state index in [4.69, 9.17) is 9.47 Å². The van der Waals surface area contributed by atoms with Gasteiger partial charge in [-0.2, -0.15) is 0 Å². The first-order valence-corrected chi connectivity index (χ1v) is 13.7. The number of hydrogen-bond acceptors (Lipinski definition) is 6. The topological polar surface area (TPSA) is 114 Å². The fraction of sp³-hybridized carbons (Fsp3) is 0.286. The highest BCUT2D eigenvalue weighted by molar-refractivity contribution is 7.92. The van der Waals surface area contributed by atoms with Crippen molar-refractivity contribution in [3.05, 3.63) is 77.9 Å². The summed E-state index contributed by atoms with van der Waals surface area (Å²) in [6, 6.07) is 18.6. The Morgan fingerprint density at radius 1 is 0.868 bits per heavy atom. The van der Waals surface area contributed by atoms with Gasteiger partial charge in [0.1, 0.15) is 18.0 Å². The molecule has 0 saturated heterocycles. The van der Waals surface area contributed by atoms with Gasteiger partial charge in [0.05, 0.1) is 26.2 Å². The second-order valence-electron chi connectivity index (χ2n) is 9.72. The summed E-state index contributed by atoms with van der Waals surface area (Å²) >= 11 is 0. The lowest BCUT2D eigenvalue weighted by molar-refractivity contribution is -0.114. The summed E-state index contributed by atoms with van der Waals surface area (Å²) in [5, 5.41) is 5.51. The molecule has 0 unspecified atom stereocenters. The van der Waals surface area contributed by atoms with Crippen molar-refractivity contribution in [1.29, 1.82) is 0 Å². The van der Waals surface area contributed by atoms with Crippen molar-refractivity contribution in [1.82, 2.24) is 0 Å². The Bertz CT molecular complexity index is 1410. The monoisotopic (exact) mass is 539 g/mol. The van der Waals surface area contributed by atoms with Crippen molar-refractivity contribution >= 4 is 38.9 Å². The Balaban J connectivity index is 1.73. The molecule has 0 fully saturated rings. The van der Waals surface area contributed by atoms with E-state index >= 15 is 0 Å². The molecule has 0 atom stereocenters. The van der Waals surface area contributed by atoms with Crippen LogP contribution in [0.4, 0.5) is 17.1 Å². The molecule has 0 bridgehead atoms. The van der Waals surface area contributed by atoms with Crippen LogP contribution in [0, 0.1) is 0 Å². The number of nitrogens with one attached hydrogen (secondary N) is 2. The second-order valence-corrected chi connectivity index (χ2v) is 11.6. The number of carbonyl (C=O) groups is 2. The van der Waals surface area contributed by atoms with Gasteiger partial charge in [0.15, 0.2) is 0 Å². The molecule has 10 heteroatoms. The average molecular weight is 540 g/mol. The summed E-state index contributed by atoms with van der Waals surface area (Å²) in [4.78, 5) is 25.6. The summed E-state index contributed by atoms with van der Waals surface area (Å²) in [5.41, 5.74) is 2.67. The molecule has 0 aromatic heterocycles. The van der Waals surface area contributed by atoms with E-state index in [2.05, 4.69) is 31.4 Å². The van der Waals surface area contributed by atoms with E-state index in [1.165, 1.54) is 26.4 Å². The number of methoxy groups -OCH3 is 2. The minimum Gasteiger partial charge on any atom is -0.497 e. The van der Waals surface area contributed by atoms with Gasteiger partial charge >= 0.3 is 0 Å². The van der Waals surface area contributed by atoms with Crippen LogP contribution in [-0.4, -0.2) is 47.3 Å². The lowest BCUT2D eigenvalue weighted by Gasteiger charge is -2.24. The van der Waals surface area contributed by atoms with E-state index in [0.29, 0.717) is 22.7 Å². The van der Waals surface area contributed by atoms with Gasteiger partial charge in [-0.1, -0.05) is 39.0 Å². The van der Waals surface area contributed by atoms with Crippen molar-refractivity contribution in [2.24, 2.45) is 0 Å². The Morgan fingerprint density at radius 2 is 1.50 bits per heavy atom. The van der Waals surface area contributed by atoms with Crippen molar-refractivity contribution < 1.29 is 27.5 Å². The number of sulfonamides is 1. The van der Waals surface area contributed by atoms with Crippen LogP contribution < -0.4 is 24.4 Å². The van der Waals surface area contributed by atoms with Crippen LogP contribution in [0.25, 0.3) is 0 Å². The van der Waals surface area contributed by atoms with Crippen molar-refractivity contribution in [3.8, 4) is 11.5 Å². The van der Waals surface area contributed by atoms with E-state index in [1.54, 1.807) is 42.5 Å². The quantitative estimate of drug-likeness (QED) is 0.409. The standard InChI is InChI=1S/C28H33N3O6S/c1-28(2,3)20-12-10-19(11-13-20)27(33)30-22-9-7-8-21(16-22)29-26(32)18-31(38(6,34)35)24-15-14-23(36-4)17-25(24)37-5/h7-17H,18H2,1-6H3,(H,29,32)(H,30,33). The van der Waals surface area contributed by atoms with E-state index in [9.17, 15) is 18.0 Å². The zero-order valence-corrected chi connectivity index (χ0v) is 23.2. The molecule has 0 heterocycles. The first kappa shape index (κ1) is 28.5. The fourth-order valence-corrected chi connectivity index (χ4v) is 4.56. The van der Waals surface area contributed by atoms with E-state index in [1.807, 2.05) is 12.1 Å². The summed E-state index contributed by atoms with van der Waals surface area (Å²) < 4.78 is 36.5. The molecule has 3 rings (SSSR count). The first-order chi connectivity index (χ1) is 17.8. The molecular formula is C28H33N3O6S. The van der Waals surface area contributed by atoms with Crippen LogP contribution in [0.1, 0.15) is 36.7 Å². The van der Waals surface area contributed by atoms with Gasteiger partial charge in [-0.05, 0) is 53.4 Å². The molecule has 0 aliphatic rings. The van der Waals surface area contributed by atoms with Gasteiger partial charge in [0, 0.05) is 23.0 Å². The molecule has 0 spiro atoms. The summed E-state index contributed by atoms with van der Waals surface area (Å²) in [7, 11) is -0.948. The smallest absolute Gasteiger partial charge is 0.255 e. The third kappa shape index (κ3) is 7.25. The molecule has 2 N–H and O–H groups in total. The van der Waals surface area contributed by atoms with E-state index in [0.717, 1.165) is 16.1 Å². The Morgan fingerprint density at radius 3 is 2.05 bits per heavy atom. The number of rotatable bonds is 9. The normalized spacial score (nSPS) is 11.4. The molecule has 3 aromatic carbocycles. The van der Waals surface area contributed by atoms with Crippen LogP contribution in [0.3, 0.4) is 0 Å². The number of carbonyl (C=O) groups excluding carboxylic acids is 2. The third-order valence-corrected chi connectivity index (χ3v) is 6.89. The molecule has 0 radical (unpaired) electrons. The maximum Gasteiger partial charge on any atom is 0.255 e. The number of hydrogen-bond donors (Lipinski definition) is 2. The Labute approximate surface area is 223 Å². The van der Waals surface area contributed by atoms with Crippen LogP contribution in [0.2, 0.25) is 0 Å². The molecule has 2 amide bonds. The summed E-state index contributed by atoms with van der Waals surface area (Å²) in [5.74, 6) is -0.145. The zero-order chi connectivity index (χ0) is 28.1. The molecule has 0 aliphatic heterocycles. The van der Waals surface area contributed by atoms with Crippen LogP contribution in [0.15, 0.2) is 66.7 Å². The fourth-order valence-electron chi connectivity index (χ4n) is 3.70. The second kappa shape index (κ2) is 11.6. The van der Waals surface area contributed by atoms with Crippen LogP contribution in [-0.2, 0) is 20.2 Å². The number of nitrogens with zero attached hydrogens (tertiary/aromatic N) is 1. The number of ether oxygens (including phenoxy) is 2. The molecule has 0 aliphatic carbocycles. The van der Waals surface area contributed by atoms with Crippen LogP contribution in [0.5, 0.6) is 11.5 Å². The van der Waals surface area contributed by atoms with Gasteiger partial charge in [-0.25, -0.2) is 8.42 Å². The summed E-state index contributed by atoms with van der Waals surface area (Å²) in [6.45, 7) is 5.82. The lowest BCUT2D eigenvalue weighted by atomic mass is 9.87. The van der Waals surface area contributed by atoms with Gasteiger partial charge in [-0.3, -0.25) is 13.9 Å². The van der Waals surface area contributed by atoms with Crippen molar-refractivity contribution in [3.63, 3.8) is 0 Å². The molecule has 3 aromatic rings. The van der Waals surface area contributed by atoms with E-state index < -0.39 is 22.5 Å². The van der Waals surface area contributed by atoms with Crippen molar-refractivity contribution in [2.75, 3.05) is 42.0 Å². The van der Waals surface area contributed by atoms with Gasteiger partial charge in [-0.15, -0.1) is 0 Å². The number of anilines is 3. The van der Waals surface area contributed by atoms with Crippen molar-refractivity contribution in [2.45, 2.75) is 26.2 Å². The Hall–Kier alpha value is -4.05. The minimum atomic E-state index is -3.83. The molecule has 38 heavy (non-hydrogen) atoms. The van der Waals surface area contributed by atoms with E-state index in [-0.39, 0.29) is 22.8 Å². The molecule has 0 saturated carbocycles. The Kier molecular flexibility index (Phi) is 8.67. The SMILES string of the molecule is COc1ccc(N(CC(=O)Nc2cccc(NC(=O)c3ccc(C(C)(C)C)cc3)c2)S(C)(=O)=O)c(OC)c1. The first-order valence-electron chi connectivity index (χ1n) is 11.8. The van der Waals surface area contributed by atoms with Crippen LogP contribution >= 0.6 is 0 Å². The van der Waals surface area contributed by atoms with Gasteiger partial charge in [0.2, 0.25) is 15.9 Å². The maximum atomic E-state index is 12.9. The lowest BCUT2D eigenvalue weighted by Crippen LogP contribution is -2.37. The maximum absolute atomic E-state index is 12.9. The average Bonchev–Trinajstić information content (AvgIpc) is 2.86. The van der Waals surface area contributed by atoms with Gasteiger partial charge < -0.3 is 20.1 Å². The predicted molar refractivity (Wildman–Crippen MR) is 150 cm³/mol. The molecular weight excluding hydrogens is 506 g/mol. The highest BCUT2D eigenvalue weighted by atomic mass is 32.2.